The van der Waals surface area contributed by atoms with E-state index >= 15 is 0 Å². The standard InChI is InChI=1S/C21H18ClF3N2O2/c1-4-5-17(13(2)28)20(29)26-15-7-9-16(10-8-15)27(3)19-12-14(21(23,24)25)6-11-18(19)22/h4-12,28H,1-2H2,3H3,(H,26,29)/b17-5+. The molecular formula is C21H18ClF3N2O2. The highest BCUT2D eigenvalue weighted by molar-refractivity contribution is 6.33. The molecule has 152 valence electrons. The first-order valence-corrected chi connectivity index (χ1v) is 8.65. The SMILES string of the molecule is C=C/C=C(\C(=C)O)C(=O)Nc1ccc(N(C)c2cc(C(F)(F)F)ccc2Cl)cc1. The summed E-state index contributed by atoms with van der Waals surface area (Å²) in [7, 11) is 1.58. The van der Waals surface area contributed by atoms with Gasteiger partial charge in [-0.15, -0.1) is 0 Å². The largest absolute Gasteiger partial charge is 0.508 e. The summed E-state index contributed by atoms with van der Waals surface area (Å²) in [6.07, 6.45) is -1.83. The van der Waals surface area contributed by atoms with Crippen molar-refractivity contribution >= 4 is 34.6 Å². The summed E-state index contributed by atoms with van der Waals surface area (Å²) in [5.74, 6) is -0.989. The van der Waals surface area contributed by atoms with Gasteiger partial charge in [-0.25, -0.2) is 0 Å². The zero-order valence-corrected chi connectivity index (χ0v) is 16.2. The van der Waals surface area contributed by atoms with E-state index in [9.17, 15) is 23.1 Å². The van der Waals surface area contributed by atoms with Gasteiger partial charge in [0.1, 0.15) is 5.76 Å². The summed E-state index contributed by atoms with van der Waals surface area (Å²) >= 11 is 6.07. The third-order valence-corrected chi connectivity index (χ3v) is 4.31. The highest BCUT2D eigenvalue weighted by Gasteiger charge is 2.31. The maximum Gasteiger partial charge on any atom is 0.416 e. The molecule has 2 aromatic carbocycles. The lowest BCUT2D eigenvalue weighted by Crippen LogP contribution is -2.16. The molecule has 2 rings (SSSR count). The number of benzene rings is 2. The summed E-state index contributed by atoms with van der Waals surface area (Å²) in [6, 6.07) is 9.43. The number of anilines is 3. The van der Waals surface area contributed by atoms with Gasteiger partial charge in [0.25, 0.3) is 5.91 Å². The average molecular weight is 423 g/mol. The normalized spacial score (nSPS) is 11.7. The third kappa shape index (κ3) is 5.42. The first kappa shape index (κ1) is 22.1. The fraction of sp³-hybridized carbons (Fsp3) is 0.0952. The van der Waals surface area contributed by atoms with Crippen molar-refractivity contribution in [3.63, 3.8) is 0 Å². The molecule has 0 unspecified atom stereocenters. The van der Waals surface area contributed by atoms with Crippen LogP contribution in [-0.4, -0.2) is 18.1 Å². The molecule has 0 saturated heterocycles. The van der Waals surface area contributed by atoms with Crippen molar-refractivity contribution in [2.24, 2.45) is 0 Å². The molecule has 0 radical (unpaired) electrons. The molecule has 0 bridgehead atoms. The minimum Gasteiger partial charge on any atom is -0.508 e. The zero-order valence-electron chi connectivity index (χ0n) is 15.4. The topological polar surface area (TPSA) is 52.6 Å². The second kappa shape index (κ2) is 8.87. The minimum absolute atomic E-state index is 0.0445. The Labute approximate surface area is 171 Å². The van der Waals surface area contributed by atoms with Crippen molar-refractivity contribution in [3.05, 3.63) is 89.7 Å². The quantitative estimate of drug-likeness (QED) is 0.328. The molecule has 1 amide bonds. The lowest BCUT2D eigenvalue weighted by atomic mass is 10.1. The molecular weight excluding hydrogens is 405 g/mol. The number of halogens is 4. The van der Waals surface area contributed by atoms with E-state index in [0.717, 1.165) is 12.1 Å². The van der Waals surface area contributed by atoms with Gasteiger partial charge in [0.05, 0.1) is 21.8 Å². The van der Waals surface area contributed by atoms with Crippen LogP contribution in [0.4, 0.5) is 30.2 Å². The van der Waals surface area contributed by atoms with Crippen LogP contribution in [0.1, 0.15) is 5.56 Å². The molecule has 0 heterocycles. The summed E-state index contributed by atoms with van der Waals surface area (Å²) in [6.45, 7) is 6.78. The van der Waals surface area contributed by atoms with E-state index in [0.29, 0.717) is 11.4 Å². The Morgan fingerprint density at radius 2 is 1.83 bits per heavy atom. The van der Waals surface area contributed by atoms with Gasteiger partial charge in [-0.3, -0.25) is 4.79 Å². The number of nitrogens with one attached hydrogen (secondary N) is 1. The van der Waals surface area contributed by atoms with Gasteiger partial charge in [-0.2, -0.15) is 13.2 Å². The maximum absolute atomic E-state index is 13.0. The van der Waals surface area contributed by atoms with Crippen molar-refractivity contribution in [3.8, 4) is 0 Å². The molecule has 0 aliphatic heterocycles. The molecule has 0 spiro atoms. The van der Waals surface area contributed by atoms with E-state index in [1.165, 1.54) is 23.1 Å². The number of alkyl halides is 3. The Hall–Kier alpha value is -3.19. The highest BCUT2D eigenvalue weighted by atomic mass is 35.5. The molecule has 4 nitrogen and oxygen atoms in total. The van der Waals surface area contributed by atoms with E-state index in [2.05, 4.69) is 18.5 Å². The predicted octanol–water partition coefficient (Wildman–Crippen LogP) is 6.25. The van der Waals surface area contributed by atoms with Gasteiger partial charge in [0.2, 0.25) is 0 Å². The number of hydrogen-bond donors (Lipinski definition) is 2. The van der Waals surface area contributed by atoms with Crippen LogP contribution in [-0.2, 0) is 11.0 Å². The fourth-order valence-electron chi connectivity index (χ4n) is 2.47. The number of aliphatic hydroxyl groups excluding tert-OH is 1. The van der Waals surface area contributed by atoms with Gasteiger partial charge in [-0.1, -0.05) is 30.8 Å². The van der Waals surface area contributed by atoms with Crippen molar-refractivity contribution < 1.29 is 23.1 Å². The number of carbonyl (C=O) groups excluding carboxylic acids is 1. The molecule has 0 saturated carbocycles. The Bertz CT molecular complexity index is 967. The summed E-state index contributed by atoms with van der Waals surface area (Å²) in [5.41, 5.74) is 0.303. The van der Waals surface area contributed by atoms with Crippen LogP contribution in [0.15, 0.2) is 79.1 Å². The van der Waals surface area contributed by atoms with Crippen LogP contribution in [0.5, 0.6) is 0 Å². The Kier molecular flexibility index (Phi) is 6.76. The lowest BCUT2D eigenvalue weighted by Gasteiger charge is -2.22. The second-order valence-electron chi connectivity index (χ2n) is 5.99. The van der Waals surface area contributed by atoms with E-state index < -0.39 is 23.4 Å². The zero-order chi connectivity index (χ0) is 21.8. The van der Waals surface area contributed by atoms with Crippen LogP contribution >= 0.6 is 11.6 Å². The van der Waals surface area contributed by atoms with Crippen molar-refractivity contribution in [1.82, 2.24) is 0 Å². The van der Waals surface area contributed by atoms with Crippen LogP contribution < -0.4 is 10.2 Å². The van der Waals surface area contributed by atoms with E-state index in [1.54, 1.807) is 31.3 Å². The Morgan fingerprint density at radius 1 is 1.21 bits per heavy atom. The molecule has 29 heavy (non-hydrogen) atoms. The fourth-order valence-corrected chi connectivity index (χ4v) is 2.72. The van der Waals surface area contributed by atoms with Gasteiger partial charge >= 0.3 is 6.18 Å². The molecule has 0 aliphatic rings. The highest BCUT2D eigenvalue weighted by Crippen LogP contribution is 2.37. The van der Waals surface area contributed by atoms with E-state index in [-0.39, 0.29) is 16.3 Å². The number of rotatable bonds is 6. The Morgan fingerprint density at radius 3 is 2.34 bits per heavy atom. The average Bonchev–Trinajstić information content (AvgIpc) is 2.65. The number of allylic oxidation sites excluding steroid dienone is 2. The molecule has 0 aromatic heterocycles. The first-order chi connectivity index (χ1) is 13.5. The molecule has 2 aromatic rings. The molecule has 0 atom stereocenters. The van der Waals surface area contributed by atoms with Crippen LogP contribution in [0.2, 0.25) is 5.02 Å². The van der Waals surface area contributed by atoms with Gasteiger partial charge in [0, 0.05) is 18.4 Å². The van der Waals surface area contributed by atoms with Gasteiger partial charge in [-0.05, 0) is 48.5 Å². The second-order valence-corrected chi connectivity index (χ2v) is 6.39. The van der Waals surface area contributed by atoms with Crippen molar-refractivity contribution in [2.45, 2.75) is 6.18 Å². The number of aliphatic hydroxyl groups is 1. The van der Waals surface area contributed by atoms with Gasteiger partial charge in [0.15, 0.2) is 0 Å². The smallest absolute Gasteiger partial charge is 0.416 e. The number of hydrogen-bond acceptors (Lipinski definition) is 3. The number of amides is 1. The molecule has 2 N–H and O–H groups in total. The molecule has 0 fully saturated rings. The van der Waals surface area contributed by atoms with Gasteiger partial charge < -0.3 is 15.3 Å². The summed E-state index contributed by atoms with van der Waals surface area (Å²) < 4.78 is 38.9. The van der Waals surface area contributed by atoms with E-state index in [4.69, 9.17) is 11.6 Å². The van der Waals surface area contributed by atoms with Crippen LogP contribution in [0.25, 0.3) is 0 Å². The van der Waals surface area contributed by atoms with Crippen molar-refractivity contribution in [2.75, 3.05) is 17.3 Å². The summed E-state index contributed by atoms with van der Waals surface area (Å²) in [4.78, 5) is 13.7. The Balaban J connectivity index is 2.24. The van der Waals surface area contributed by atoms with Crippen LogP contribution in [0, 0.1) is 0 Å². The predicted molar refractivity (Wildman–Crippen MR) is 110 cm³/mol. The molecule has 8 heteroatoms. The minimum atomic E-state index is -4.48. The van der Waals surface area contributed by atoms with Crippen LogP contribution in [0.3, 0.4) is 0 Å². The van der Waals surface area contributed by atoms with E-state index in [1.807, 2.05) is 0 Å². The monoisotopic (exact) mass is 422 g/mol. The van der Waals surface area contributed by atoms with Crippen molar-refractivity contribution in [1.29, 1.82) is 0 Å². The third-order valence-electron chi connectivity index (χ3n) is 3.99. The lowest BCUT2D eigenvalue weighted by molar-refractivity contribution is -0.137. The summed E-state index contributed by atoms with van der Waals surface area (Å²) in [5, 5.41) is 12.2. The number of carbonyl (C=O) groups is 1. The first-order valence-electron chi connectivity index (χ1n) is 8.27. The number of nitrogens with zero attached hydrogens (tertiary/aromatic N) is 1. The molecule has 0 aliphatic carbocycles. The maximum atomic E-state index is 13.0.